The number of halogens is 2. The summed E-state index contributed by atoms with van der Waals surface area (Å²) in [5.41, 5.74) is 0. The molecule has 148 valence electrons. The molecule has 0 radical (unpaired) electrons. The Kier molecular flexibility index (Phi) is 7.39. The van der Waals surface area contributed by atoms with Gasteiger partial charge in [-0.1, -0.05) is 24.3 Å². The lowest BCUT2D eigenvalue weighted by atomic mass is 10.4. The Labute approximate surface area is 155 Å². The van der Waals surface area contributed by atoms with Crippen molar-refractivity contribution in [1.82, 2.24) is 0 Å². The van der Waals surface area contributed by atoms with Gasteiger partial charge in [0.2, 0.25) is 0 Å². The average molecular weight is 422 g/mol. The molecule has 2 aromatic rings. The van der Waals surface area contributed by atoms with Crippen LogP contribution in [0.4, 0.5) is 8.78 Å². The van der Waals surface area contributed by atoms with Gasteiger partial charge in [-0.3, -0.25) is 8.37 Å². The maximum Gasteiger partial charge on any atom is 0.299 e. The first-order valence-electron chi connectivity index (χ1n) is 7.60. The smallest absolute Gasteiger partial charge is 0.299 e. The lowest BCUT2D eigenvalue weighted by Gasteiger charge is -2.08. The van der Waals surface area contributed by atoms with Gasteiger partial charge in [0, 0.05) is 0 Å². The highest BCUT2D eigenvalue weighted by molar-refractivity contribution is 7.87. The van der Waals surface area contributed by atoms with Crippen LogP contribution in [0.2, 0.25) is 0 Å². The number of benzene rings is 2. The Balaban J connectivity index is 1.72. The van der Waals surface area contributed by atoms with Gasteiger partial charge < -0.3 is 4.74 Å². The molecule has 0 heterocycles. The van der Waals surface area contributed by atoms with Crippen LogP contribution in [0.15, 0.2) is 58.3 Å². The monoisotopic (exact) mass is 422 g/mol. The summed E-state index contributed by atoms with van der Waals surface area (Å²) in [5.74, 6) is -1.88. The maximum absolute atomic E-state index is 13.5. The van der Waals surface area contributed by atoms with Crippen molar-refractivity contribution < 1.29 is 38.7 Å². The number of ether oxygens (including phenoxy) is 1. The minimum absolute atomic E-state index is 0.212. The molecule has 0 fully saturated rings. The molecule has 0 N–H and O–H groups in total. The van der Waals surface area contributed by atoms with Crippen LogP contribution in [-0.4, -0.2) is 43.3 Å². The summed E-state index contributed by atoms with van der Waals surface area (Å²) in [6, 6.07) is 9.48. The van der Waals surface area contributed by atoms with Crippen LogP contribution >= 0.6 is 0 Å². The zero-order valence-corrected chi connectivity index (χ0v) is 15.5. The lowest BCUT2D eigenvalue weighted by molar-refractivity contribution is 0.0792. The number of hydrogen-bond acceptors (Lipinski definition) is 7. The molecular weight excluding hydrogens is 406 g/mol. The molecule has 0 atom stereocenters. The molecule has 0 aromatic heterocycles. The van der Waals surface area contributed by atoms with Crippen LogP contribution in [0.3, 0.4) is 0 Å². The molecule has 0 saturated carbocycles. The molecule has 2 aromatic carbocycles. The number of rotatable bonds is 10. The number of hydrogen-bond donors (Lipinski definition) is 0. The second-order valence-electron chi connectivity index (χ2n) is 5.03. The Bertz CT molecular complexity index is 896. The lowest BCUT2D eigenvalue weighted by Crippen LogP contribution is -2.16. The van der Waals surface area contributed by atoms with E-state index in [1.54, 1.807) is 0 Å². The van der Waals surface area contributed by atoms with Gasteiger partial charge in [0.05, 0.1) is 26.4 Å². The molecule has 0 spiro atoms. The summed E-state index contributed by atoms with van der Waals surface area (Å²) in [4.78, 5) is -1.19. The van der Waals surface area contributed by atoms with Gasteiger partial charge in [-0.15, -0.1) is 0 Å². The Hall–Kier alpha value is -1.92. The van der Waals surface area contributed by atoms with E-state index in [1.165, 1.54) is 24.3 Å². The molecule has 27 heavy (non-hydrogen) atoms. The summed E-state index contributed by atoms with van der Waals surface area (Å²) in [6.45, 7) is -1.24. The molecular formula is C16H16F2O7S2. The van der Waals surface area contributed by atoms with Crippen LogP contribution < -0.4 is 0 Å². The summed E-state index contributed by atoms with van der Waals surface area (Å²) in [6.07, 6.45) is 0. The van der Waals surface area contributed by atoms with Crippen molar-refractivity contribution in [2.75, 3.05) is 26.4 Å². The van der Waals surface area contributed by atoms with Crippen molar-refractivity contribution in [2.24, 2.45) is 0 Å². The van der Waals surface area contributed by atoms with Gasteiger partial charge in [-0.05, 0) is 24.3 Å². The molecule has 7 nitrogen and oxygen atoms in total. The Morgan fingerprint density at radius 2 is 1.00 bits per heavy atom. The molecule has 2 rings (SSSR count). The third-order valence-corrected chi connectivity index (χ3v) is 5.84. The second-order valence-corrected chi connectivity index (χ2v) is 8.19. The maximum atomic E-state index is 13.5. The van der Waals surface area contributed by atoms with Gasteiger partial charge in [0.15, 0.2) is 0 Å². The minimum atomic E-state index is -4.27. The van der Waals surface area contributed by atoms with Crippen LogP contribution in [0.1, 0.15) is 0 Å². The molecule has 11 heteroatoms. The van der Waals surface area contributed by atoms with Crippen LogP contribution in [0, 0.1) is 11.6 Å². The first kappa shape index (κ1) is 21.4. The third-order valence-electron chi connectivity index (χ3n) is 3.14. The van der Waals surface area contributed by atoms with Gasteiger partial charge >= 0.3 is 0 Å². The van der Waals surface area contributed by atoms with E-state index in [1.807, 2.05) is 0 Å². The van der Waals surface area contributed by atoms with E-state index in [0.717, 1.165) is 24.3 Å². The van der Waals surface area contributed by atoms with E-state index in [2.05, 4.69) is 8.37 Å². The highest BCUT2D eigenvalue weighted by Gasteiger charge is 2.20. The molecule has 0 saturated heterocycles. The predicted octanol–water partition coefficient (Wildman–Crippen LogP) is 2.09. The molecule has 0 aliphatic rings. The Morgan fingerprint density at radius 1 is 0.630 bits per heavy atom. The van der Waals surface area contributed by atoms with Crippen molar-refractivity contribution in [3.05, 3.63) is 60.2 Å². The summed E-state index contributed by atoms with van der Waals surface area (Å²) in [7, 11) is -8.54. The SMILES string of the molecule is O=S(=O)(OCCOCCOS(=O)(=O)c1ccccc1F)c1ccccc1F. The molecule has 0 aliphatic heterocycles. The largest absolute Gasteiger partial charge is 0.377 e. The van der Waals surface area contributed by atoms with E-state index in [0.29, 0.717) is 0 Å². The van der Waals surface area contributed by atoms with Crippen molar-refractivity contribution in [2.45, 2.75) is 9.79 Å². The third kappa shape index (κ3) is 6.04. The fourth-order valence-corrected chi connectivity index (χ4v) is 3.86. The fourth-order valence-electron chi connectivity index (χ4n) is 1.93. The van der Waals surface area contributed by atoms with E-state index in [9.17, 15) is 25.6 Å². The highest BCUT2D eigenvalue weighted by atomic mass is 32.2. The highest BCUT2D eigenvalue weighted by Crippen LogP contribution is 2.17. The molecule has 0 unspecified atom stereocenters. The molecule has 0 aliphatic carbocycles. The van der Waals surface area contributed by atoms with E-state index >= 15 is 0 Å². The van der Waals surface area contributed by atoms with Crippen molar-refractivity contribution in [1.29, 1.82) is 0 Å². The van der Waals surface area contributed by atoms with Gasteiger partial charge in [-0.25, -0.2) is 8.78 Å². The second kappa shape index (κ2) is 9.33. The summed E-state index contributed by atoms with van der Waals surface area (Å²) in [5, 5.41) is 0. The average Bonchev–Trinajstić information content (AvgIpc) is 2.61. The van der Waals surface area contributed by atoms with E-state index in [-0.39, 0.29) is 13.2 Å². The van der Waals surface area contributed by atoms with Crippen molar-refractivity contribution >= 4 is 20.2 Å². The predicted molar refractivity (Wildman–Crippen MR) is 89.9 cm³/mol. The van der Waals surface area contributed by atoms with Crippen molar-refractivity contribution in [3.8, 4) is 0 Å². The van der Waals surface area contributed by atoms with Crippen molar-refractivity contribution in [3.63, 3.8) is 0 Å². The van der Waals surface area contributed by atoms with Gasteiger partial charge in [0.25, 0.3) is 20.2 Å². The zero-order valence-electron chi connectivity index (χ0n) is 13.9. The fraction of sp³-hybridized carbons (Fsp3) is 0.250. The van der Waals surface area contributed by atoms with E-state index < -0.39 is 54.9 Å². The van der Waals surface area contributed by atoms with Crippen LogP contribution in [0.5, 0.6) is 0 Å². The normalized spacial score (nSPS) is 12.2. The summed E-state index contributed by atoms with van der Waals surface area (Å²) < 4.78 is 88.4. The summed E-state index contributed by atoms with van der Waals surface area (Å²) >= 11 is 0. The zero-order chi connectivity index (χ0) is 19.9. The quantitative estimate of drug-likeness (QED) is 0.427. The van der Waals surface area contributed by atoms with Gasteiger partial charge in [0.1, 0.15) is 21.4 Å². The Morgan fingerprint density at radius 3 is 1.37 bits per heavy atom. The van der Waals surface area contributed by atoms with E-state index in [4.69, 9.17) is 4.74 Å². The molecule has 0 amide bonds. The molecule has 0 bridgehead atoms. The standard InChI is InChI=1S/C16H16F2O7S2/c17-13-5-1-3-7-15(13)26(19,20)24-11-9-23-10-12-25-27(21,22)16-8-4-2-6-14(16)18/h1-8H,9-12H2. The van der Waals surface area contributed by atoms with Crippen LogP contribution in [0.25, 0.3) is 0 Å². The minimum Gasteiger partial charge on any atom is -0.377 e. The van der Waals surface area contributed by atoms with Crippen LogP contribution in [-0.2, 0) is 33.3 Å². The first-order valence-corrected chi connectivity index (χ1v) is 10.4. The topological polar surface area (TPSA) is 96.0 Å². The van der Waals surface area contributed by atoms with Gasteiger partial charge in [-0.2, -0.15) is 16.8 Å². The first-order chi connectivity index (χ1) is 12.7.